The van der Waals surface area contributed by atoms with Crippen molar-refractivity contribution in [2.45, 2.75) is 13.0 Å². The Morgan fingerprint density at radius 3 is 2.43 bits per heavy atom. The van der Waals surface area contributed by atoms with Crippen LogP contribution in [0.25, 0.3) is 10.8 Å². The van der Waals surface area contributed by atoms with Crippen molar-refractivity contribution in [3.63, 3.8) is 0 Å². The van der Waals surface area contributed by atoms with Gasteiger partial charge in [0.1, 0.15) is 0 Å². The van der Waals surface area contributed by atoms with E-state index in [9.17, 15) is 9.59 Å². The Morgan fingerprint density at radius 1 is 1.13 bits per heavy atom. The number of hydrogen-bond acceptors (Lipinski definition) is 5. The second-order valence-electron chi connectivity index (χ2n) is 4.82. The van der Waals surface area contributed by atoms with Crippen molar-refractivity contribution in [3.8, 4) is 0 Å². The van der Waals surface area contributed by atoms with Crippen LogP contribution in [0.3, 0.4) is 0 Å². The first-order valence-electron chi connectivity index (χ1n) is 7.32. The SMILES string of the molecule is CCOC(=O)C(NC(=O)OC)c1ccc(NC)c2ccccc12. The number of rotatable bonds is 5. The zero-order valence-corrected chi connectivity index (χ0v) is 13.4. The summed E-state index contributed by atoms with van der Waals surface area (Å²) >= 11 is 0. The Morgan fingerprint density at radius 2 is 1.83 bits per heavy atom. The molecule has 1 amide bonds. The molecular weight excluding hydrogens is 296 g/mol. The lowest BCUT2D eigenvalue weighted by Gasteiger charge is -2.19. The Hall–Kier alpha value is -2.76. The van der Waals surface area contributed by atoms with Crippen molar-refractivity contribution < 1.29 is 19.1 Å². The van der Waals surface area contributed by atoms with E-state index in [0.29, 0.717) is 5.56 Å². The summed E-state index contributed by atoms with van der Waals surface area (Å²) in [6.45, 7) is 1.94. The van der Waals surface area contributed by atoms with E-state index in [2.05, 4.69) is 15.4 Å². The van der Waals surface area contributed by atoms with Crippen LogP contribution in [0.4, 0.5) is 10.5 Å². The molecule has 122 valence electrons. The van der Waals surface area contributed by atoms with E-state index in [4.69, 9.17) is 4.74 Å². The highest BCUT2D eigenvalue weighted by molar-refractivity contribution is 5.99. The summed E-state index contributed by atoms with van der Waals surface area (Å²) in [4.78, 5) is 23.9. The molecule has 2 N–H and O–H groups in total. The number of benzene rings is 2. The van der Waals surface area contributed by atoms with Gasteiger partial charge in [0.05, 0.1) is 13.7 Å². The number of esters is 1. The Balaban J connectivity index is 2.56. The van der Waals surface area contributed by atoms with Crippen molar-refractivity contribution in [1.82, 2.24) is 5.32 Å². The van der Waals surface area contributed by atoms with Crippen LogP contribution >= 0.6 is 0 Å². The maximum Gasteiger partial charge on any atom is 0.407 e. The molecule has 2 rings (SSSR count). The minimum absolute atomic E-state index is 0.227. The lowest BCUT2D eigenvalue weighted by atomic mass is 9.97. The summed E-state index contributed by atoms with van der Waals surface area (Å²) in [5.41, 5.74) is 1.59. The summed E-state index contributed by atoms with van der Waals surface area (Å²) < 4.78 is 9.70. The van der Waals surface area contributed by atoms with Crippen molar-refractivity contribution in [2.75, 3.05) is 26.1 Å². The Labute approximate surface area is 134 Å². The number of hydrogen-bond donors (Lipinski definition) is 2. The molecule has 0 saturated carbocycles. The Bertz CT molecular complexity index is 715. The fourth-order valence-corrected chi connectivity index (χ4v) is 2.46. The van der Waals surface area contributed by atoms with E-state index in [1.165, 1.54) is 7.11 Å². The number of alkyl carbamates (subject to hydrolysis) is 1. The second-order valence-corrected chi connectivity index (χ2v) is 4.82. The van der Waals surface area contributed by atoms with Gasteiger partial charge in [-0.25, -0.2) is 9.59 Å². The summed E-state index contributed by atoms with van der Waals surface area (Å²) in [5, 5.41) is 7.46. The largest absolute Gasteiger partial charge is 0.464 e. The molecule has 0 aliphatic rings. The highest BCUT2D eigenvalue weighted by Crippen LogP contribution is 2.30. The number of carbonyl (C=O) groups is 2. The molecule has 2 aromatic carbocycles. The minimum atomic E-state index is -0.932. The lowest BCUT2D eigenvalue weighted by Crippen LogP contribution is -2.35. The van der Waals surface area contributed by atoms with Crippen LogP contribution in [0, 0.1) is 0 Å². The van der Waals surface area contributed by atoms with Crippen LogP contribution in [0.15, 0.2) is 36.4 Å². The summed E-state index contributed by atoms with van der Waals surface area (Å²) in [6, 6.07) is 10.4. The fraction of sp³-hybridized carbons (Fsp3) is 0.294. The molecule has 1 atom stereocenters. The third kappa shape index (κ3) is 3.53. The lowest BCUT2D eigenvalue weighted by molar-refractivity contribution is -0.145. The molecule has 6 nitrogen and oxygen atoms in total. The predicted molar refractivity (Wildman–Crippen MR) is 88.4 cm³/mol. The van der Waals surface area contributed by atoms with Gasteiger partial charge in [-0.15, -0.1) is 0 Å². The van der Waals surface area contributed by atoms with Crippen molar-refractivity contribution in [2.24, 2.45) is 0 Å². The first kappa shape index (κ1) is 16.6. The van der Waals surface area contributed by atoms with Crippen LogP contribution in [-0.2, 0) is 14.3 Å². The average Bonchev–Trinajstić information content (AvgIpc) is 2.58. The summed E-state index contributed by atoms with van der Waals surface area (Å²) in [5.74, 6) is -0.528. The number of anilines is 1. The van der Waals surface area contributed by atoms with E-state index in [-0.39, 0.29) is 6.61 Å². The monoisotopic (exact) mass is 316 g/mol. The molecule has 0 saturated heterocycles. The van der Waals surface area contributed by atoms with Gasteiger partial charge in [-0.05, 0) is 23.9 Å². The van der Waals surface area contributed by atoms with E-state index < -0.39 is 18.1 Å². The molecule has 0 heterocycles. The number of methoxy groups -OCH3 is 1. The summed E-state index contributed by atoms with van der Waals surface area (Å²) in [6.07, 6.45) is -0.690. The summed E-state index contributed by atoms with van der Waals surface area (Å²) in [7, 11) is 3.08. The van der Waals surface area contributed by atoms with Gasteiger partial charge in [0.25, 0.3) is 0 Å². The maximum absolute atomic E-state index is 12.3. The van der Waals surface area contributed by atoms with Crippen molar-refractivity contribution in [3.05, 3.63) is 42.0 Å². The Kier molecular flexibility index (Phi) is 5.41. The van der Waals surface area contributed by atoms with Gasteiger partial charge in [0.2, 0.25) is 0 Å². The highest BCUT2D eigenvalue weighted by Gasteiger charge is 2.26. The molecule has 0 fully saturated rings. The van der Waals surface area contributed by atoms with Crippen molar-refractivity contribution >= 4 is 28.5 Å². The van der Waals surface area contributed by atoms with Gasteiger partial charge < -0.3 is 20.1 Å². The molecule has 6 heteroatoms. The molecular formula is C17H20N2O4. The molecule has 2 aromatic rings. The average molecular weight is 316 g/mol. The zero-order valence-electron chi connectivity index (χ0n) is 13.4. The molecule has 0 aliphatic heterocycles. The van der Waals surface area contributed by atoms with E-state index in [1.54, 1.807) is 13.0 Å². The van der Waals surface area contributed by atoms with Crippen LogP contribution in [0.5, 0.6) is 0 Å². The molecule has 0 aliphatic carbocycles. The van der Waals surface area contributed by atoms with Crippen LogP contribution in [0.2, 0.25) is 0 Å². The topological polar surface area (TPSA) is 76.7 Å². The molecule has 0 radical (unpaired) electrons. The van der Waals surface area contributed by atoms with Crippen LogP contribution in [-0.4, -0.2) is 32.8 Å². The van der Waals surface area contributed by atoms with Gasteiger partial charge in [0.15, 0.2) is 6.04 Å². The quantitative estimate of drug-likeness (QED) is 0.830. The van der Waals surface area contributed by atoms with Gasteiger partial charge in [-0.3, -0.25) is 0 Å². The van der Waals surface area contributed by atoms with Gasteiger partial charge in [-0.2, -0.15) is 0 Å². The first-order chi connectivity index (χ1) is 11.1. The standard InChI is InChI=1S/C17H20N2O4/c1-4-23-16(20)15(19-17(21)22-3)13-9-10-14(18-2)12-8-6-5-7-11(12)13/h5-10,15,18H,4H2,1-3H3,(H,19,21). The number of carbonyl (C=O) groups excluding carboxylic acids is 2. The number of amides is 1. The normalized spacial score (nSPS) is 11.6. The third-order valence-electron chi connectivity index (χ3n) is 3.51. The molecule has 0 aromatic heterocycles. The van der Waals surface area contributed by atoms with Crippen molar-refractivity contribution in [1.29, 1.82) is 0 Å². The number of ether oxygens (including phenoxy) is 2. The van der Waals surface area contributed by atoms with Gasteiger partial charge in [0, 0.05) is 18.1 Å². The van der Waals surface area contributed by atoms with E-state index in [0.717, 1.165) is 16.5 Å². The number of nitrogens with one attached hydrogen (secondary N) is 2. The van der Waals surface area contributed by atoms with E-state index in [1.807, 2.05) is 37.4 Å². The van der Waals surface area contributed by atoms with E-state index >= 15 is 0 Å². The number of fused-ring (bicyclic) bond motifs is 1. The zero-order chi connectivity index (χ0) is 16.8. The fourth-order valence-electron chi connectivity index (χ4n) is 2.46. The van der Waals surface area contributed by atoms with Crippen LogP contribution in [0.1, 0.15) is 18.5 Å². The highest BCUT2D eigenvalue weighted by atomic mass is 16.5. The molecule has 23 heavy (non-hydrogen) atoms. The van der Waals surface area contributed by atoms with Crippen LogP contribution < -0.4 is 10.6 Å². The predicted octanol–water partition coefficient (Wildman–Crippen LogP) is 2.84. The third-order valence-corrected chi connectivity index (χ3v) is 3.51. The molecule has 0 bridgehead atoms. The molecule has 0 spiro atoms. The smallest absolute Gasteiger partial charge is 0.407 e. The minimum Gasteiger partial charge on any atom is -0.464 e. The first-order valence-corrected chi connectivity index (χ1v) is 7.32. The molecule has 1 unspecified atom stereocenters. The second kappa shape index (κ2) is 7.49. The maximum atomic E-state index is 12.3. The van der Waals surface area contributed by atoms with Gasteiger partial charge in [-0.1, -0.05) is 30.3 Å². The van der Waals surface area contributed by atoms with Gasteiger partial charge >= 0.3 is 12.1 Å².